The Balaban J connectivity index is 0.000000475. The summed E-state index contributed by atoms with van der Waals surface area (Å²) < 4.78 is 64.7. The van der Waals surface area contributed by atoms with Gasteiger partial charge in [0.1, 0.15) is 89.2 Å². The van der Waals surface area contributed by atoms with Gasteiger partial charge >= 0.3 is 36.3 Å². The predicted octanol–water partition coefficient (Wildman–Crippen LogP) is -13.9. The number of aliphatic carboxylic acids is 1. The molecule has 0 fully saturated rings. The summed E-state index contributed by atoms with van der Waals surface area (Å²) in [6, 6.07) is 4.89. The van der Waals surface area contributed by atoms with Gasteiger partial charge < -0.3 is 128 Å². The summed E-state index contributed by atoms with van der Waals surface area (Å²) in [6.07, 6.45) is -20.1. The topological polar surface area (TPSA) is 876 Å². The second-order valence-corrected chi connectivity index (χ2v) is 26.8. The highest BCUT2D eigenvalue weighted by Crippen LogP contribution is 2.39. The van der Waals surface area contributed by atoms with Crippen molar-refractivity contribution in [3.8, 4) is 0 Å². The van der Waals surface area contributed by atoms with Crippen LogP contribution >= 0.6 is 7.60 Å². The summed E-state index contributed by atoms with van der Waals surface area (Å²) in [5, 5.41) is 172. The molecule has 0 aliphatic rings. The quantitative estimate of drug-likeness (QED) is 0.0131. The Labute approximate surface area is 579 Å². The number of hydrogen-bond donors (Lipinski definition) is 34. The van der Waals surface area contributed by atoms with Gasteiger partial charge in [-0.2, -0.15) is 8.42 Å². The maximum Gasteiger partial charge on any atom is 0.330 e. The molecule has 5 rings (SSSR count). The van der Waals surface area contributed by atoms with Gasteiger partial charge in [0.15, 0.2) is 9.84 Å². The molecular formula is C51H79N14O36PS2. The lowest BCUT2D eigenvalue weighted by Crippen LogP contribution is -2.43. The molecule has 1 aromatic carbocycles. The number of aromatic amines is 8. The number of carbonyl (C=O) groups excluding carboxylic acids is 2. The molecule has 104 heavy (non-hydrogen) atoms. The molecule has 0 aliphatic carbocycles. The van der Waals surface area contributed by atoms with Gasteiger partial charge in [0.25, 0.3) is 38.3 Å². The molecule has 0 unspecified atom stereocenters. The fourth-order valence-corrected chi connectivity index (χ4v) is 9.87. The number of carboxylic acids is 1. The molecule has 5 aromatic rings. The van der Waals surface area contributed by atoms with Crippen LogP contribution in [0.3, 0.4) is 0 Å². The minimum Gasteiger partial charge on any atom is -0.481 e. The first-order valence-electron chi connectivity index (χ1n) is 29.3. The largest absolute Gasteiger partial charge is 0.481 e. The lowest BCUT2D eigenvalue weighted by molar-refractivity contribution is -0.137. The highest BCUT2D eigenvalue weighted by atomic mass is 32.2. The molecular weight excluding hydrogens is 1480 g/mol. The van der Waals surface area contributed by atoms with E-state index in [0.29, 0.717) is 0 Å². The molecule has 586 valence electrons. The van der Waals surface area contributed by atoms with Gasteiger partial charge in [0.05, 0.1) is 73.0 Å². The molecule has 4 heterocycles. The Hall–Kier alpha value is -9.08. The van der Waals surface area contributed by atoms with Crippen LogP contribution in [0.25, 0.3) is 0 Å². The van der Waals surface area contributed by atoms with Crippen LogP contribution in [0, 0.1) is 0 Å². The third-order valence-electron chi connectivity index (χ3n) is 13.4. The van der Waals surface area contributed by atoms with Gasteiger partial charge in [-0.05, 0) is 30.7 Å². The molecule has 50 nitrogen and oxygen atoms in total. The molecule has 12 atom stereocenters. The Morgan fingerprint density at radius 2 is 0.769 bits per heavy atom. The fourth-order valence-electron chi connectivity index (χ4n) is 7.89. The maximum absolute atomic E-state index is 12.5. The average molecular weight is 1560 g/mol. The molecule has 0 spiro atoms. The van der Waals surface area contributed by atoms with Crippen molar-refractivity contribution in [1.29, 1.82) is 0 Å². The number of hydrogen-bond acceptors (Lipinski definition) is 36. The number of anilines is 6. The molecule has 2 amide bonds. The minimum absolute atomic E-state index is 0.00842. The standard InChI is InChI=1S/C17H22N4O9S.C14H22N4O9.C10H18N3O9P.C10H17N3O9S/c1-31(29,30)9-4-2-8(3-5-9)15(26)19-12-14(20-17(28)21-16(12)27)18-6-10(23)13(25)11(24)7-22;19-5-7(21)11(25)6(20)4-15-12-10(13(26)18-14(27)17-12)16-8(22)2-1-3-9(23)24;2*14-2-6(16)7(17)5(15)1-11-8-4(3-23(20,21)22)9(18)13-10(19)12-8/h2-5,10-11,13,22-25H,6-7H2,1H3,(H,19,26)(H3,18,20,21,27,28);6-7,11,19-21,25H,1-5H2,(H,16,22)(H,23,24)(H3,15,17,18,26,27);5-7,14-17H,1-3H2,(H2,20,21,22)(H3,11,12,13,18,19);5-7,14-17H,1-3H2,(H,20,21,22)(H3,11,12,13,18,19)/t10-,11+,13-;6-,7+,11-;2*5-,6+,7-/m0000/s1. The number of H-pyrrole nitrogens is 8. The van der Waals surface area contributed by atoms with Crippen LogP contribution in [0.1, 0.15) is 40.7 Å². The van der Waals surface area contributed by atoms with Crippen molar-refractivity contribution in [3.05, 3.63) is 124 Å². The monoisotopic (exact) mass is 1560 g/mol. The van der Waals surface area contributed by atoms with E-state index in [0.717, 1.165) is 6.26 Å². The zero-order valence-corrected chi connectivity index (χ0v) is 56.2. The van der Waals surface area contributed by atoms with Crippen molar-refractivity contribution in [1.82, 2.24) is 39.9 Å². The van der Waals surface area contributed by atoms with Gasteiger partial charge in [0, 0.05) is 50.8 Å². The Bertz CT molecular complexity index is 4430. The lowest BCUT2D eigenvalue weighted by Gasteiger charge is -2.22. The van der Waals surface area contributed by atoms with Crippen LogP contribution in [0.4, 0.5) is 34.6 Å². The minimum atomic E-state index is -4.61. The zero-order valence-electron chi connectivity index (χ0n) is 53.7. The highest BCUT2D eigenvalue weighted by Gasteiger charge is 2.30. The van der Waals surface area contributed by atoms with E-state index in [9.17, 15) is 135 Å². The fraction of sp³-hybridized carbons (Fsp3) is 0.510. The van der Waals surface area contributed by atoms with E-state index in [2.05, 4.69) is 51.8 Å². The number of sulfone groups is 1. The zero-order chi connectivity index (χ0) is 79.5. The SMILES string of the molecule is CS(=O)(=O)c1ccc(C(=O)Nc2c(NC[C@H](O)[C@H](O)[C@H](O)CO)[nH]c(=O)[nH]c2=O)cc1.O=C(O)CCCC(=O)Nc1c(NC[C@H](O)[C@H](O)[C@H](O)CO)[nH]c(=O)[nH]c1=O.O=c1[nH]c(NC[C@H](O)[C@H](O)[C@H](O)CO)c(CP(=O)(O)O)c(=O)[nH]1.O=c1[nH]c(NC[C@H](O)[C@H](O)[C@H](O)CO)c(CS(=O)(=O)O)c(=O)[nH]1. The van der Waals surface area contributed by atoms with E-state index in [1.165, 1.54) is 24.3 Å². The summed E-state index contributed by atoms with van der Waals surface area (Å²) in [6.45, 7) is -5.11. The lowest BCUT2D eigenvalue weighted by atomic mass is 10.1. The normalized spacial score (nSPS) is 15.0. The summed E-state index contributed by atoms with van der Waals surface area (Å²) >= 11 is 0. The Morgan fingerprint density at radius 1 is 0.452 bits per heavy atom. The van der Waals surface area contributed by atoms with Crippen molar-refractivity contribution in [2.45, 2.75) is 109 Å². The molecule has 0 aliphatic heterocycles. The first kappa shape index (κ1) is 91.0. The molecule has 0 saturated carbocycles. The van der Waals surface area contributed by atoms with Crippen LogP contribution < -0.4 is 76.9 Å². The number of aliphatic hydroxyl groups is 16. The van der Waals surface area contributed by atoms with E-state index in [1.807, 2.05) is 9.97 Å². The third kappa shape index (κ3) is 31.1. The van der Waals surface area contributed by atoms with Gasteiger partial charge in [-0.15, -0.1) is 0 Å². The van der Waals surface area contributed by atoms with Gasteiger partial charge in [-0.1, -0.05) is 0 Å². The molecule has 0 saturated heterocycles. The Kier molecular flexibility index (Phi) is 36.8. The van der Waals surface area contributed by atoms with Crippen LogP contribution in [0.15, 0.2) is 67.5 Å². The molecule has 4 aromatic heterocycles. The molecule has 0 radical (unpaired) electrons. The summed E-state index contributed by atoms with van der Waals surface area (Å²) in [5.41, 5.74) is -9.49. The van der Waals surface area contributed by atoms with E-state index in [-0.39, 0.29) is 58.7 Å². The van der Waals surface area contributed by atoms with E-state index in [4.69, 9.17) is 39.9 Å². The van der Waals surface area contributed by atoms with Crippen molar-refractivity contribution in [2.75, 3.05) is 90.8 Å². The number of amides is 2. The first-order valence-corrected chi connectivity index (χ1v) is 34.6. The van der Waals surface area contributed by atoms with Crippen LogP contribution in [0.2, 0.25) is 0 Å². The number of rotatable bonds is 36. The number of aliphatic hydroxyl groups excluding tert-OH is 16. The van der Waals surface area contributed by atoms with Crippen molar-refractivity contribution < 1.29 is 137 Å². The summed E-state index contributed by atoms with van der Waals surface area (Å²) in [7, 11) is -12.7. The molecule has 53 heteroatoms. The summed E-state index contributed by atoms with van der Waals surface area (Å²) in [4.78, 5) is 161. The second kappa shape index (κ2) is 42.0. The number of benzene rings is 1. The third-order valence-corrected chi connectivity index (χ3v) is 15.9. The van der Waals surface area contributed by atoms with Gasteiger partial charge in [-0.25, -0.2) is 27.6 Å². The average Bonchev–Trinajstić information content (AvgIpc) is 0.837. The van der Waals surface area contributed by atoms with Crippen LogP contribution in [-0.4, -0.2) is 308 Å². The number of carboxylic acid groups (broad SMARTS) is 1. The van der Waals surface area contributed by atoms with Gasteiger partial charge in [-0.3, -0.25) is 82.6 Å². The second-order valence-electron chi connectivity index (χ2n) is 21.7. The highest BCUT2D eigenvalue weighted by molar-refractivity contribution is 7.90. The van der Waals surface area contributed by atoms with Crippen molar-refractivity contribution in [3.63, 3.8) is 0 Å². The molecule has 0 bridgehead atoms. The number of aromatic nitrogens is 8. The van der Waals surface area contributed by atoms with E-state index in [1.54, 1.807) is 9.97 Å². The van der Waals surface area contributed by atoms with E-state index < -0.39 is 245 Å². The number of nitrogens with one attached hydrogen (secondary N) is 14. The maximum atomic E-state index is 12.5. The smallest absolute Gasteiger partial charge is 0.330 e. The first-order chi connectivity index (χ1) is 48.2. The number of carbonyl (C=O) groups is 3. The predicted molar refractivity (Wildman–Crippen MR) is 354 cm³/mol. The van der Waals surface area contributed by atoms with E-state index >= 15 is 0 Å². The van der Waals surface area contributed by atoms with Crippen LogP contribution in [0.5, 0.6) is 0 Å². The van der Waals surface area contributed by atoms with Crippen LogP contribution in [-0.2, 0) is 46.0 Å². The summed E-state index contributed by atoms with van der Waals surface area (Å²) in [5.74, 6) is -4.93. The Morgan fingerprint density at radius 3 is 1.10 bits per heavy atom. The van der Waals surface area contributed by atoms with Crippen molar-refractivity contribution in [2.24, 2.45) is 0 Å². The molecule has 34 N–H and O–H groups in total. The van der Waals surface area contributed by atoms with Crippen molar-refractivity contribution >= 4 is 80.0 Å². The van der Waals surface area contributed by atoms with Gasteiger partial charge in [0.2, 0.25) is 5.91 Å².